The molecule has 1 heterocycles. The van der Waals surface area contributed by atoms with Gasteiger partial charge in [-0.2, -0.15) is 0 Å². The molecule has 0 N–H and O–H groups in total. The molecule has 0 spiro atoms. The van der Waals surface area contributed by atoms with Crippen LogP contribution in [-0.4, -0.2) is 31.3 Å². The van der Waals surface area contributed by atoms with E-state index in [1.165, 1.54) is 17.1 Å². The van der Waals surface area contributed by atoms with Crippen molar-refractivity contribution in [2.75, 3.05) is 6.54 Å². The van der Waals surface area contributed by atoms with Gasteiger partial charge in [0.25, 0.3) is 11.8 Å². The summed E-state index contributed by atoms with van der Waals surface area (Å²) < 4.78 is 0. The Labute approximate surface area is 91.5 Å². The van der Waals surface area contributed by atoms with Crippen LogP contribution in [0.5, 0.6) is 0 Å². The first-order valence-electron chi connectivity index (χ1n) is 5.00. The van der Waals surface area contributed by atoms with E-state index in [9.17, 15) is 9.59 Å². The van der Waals surface area contributed by atoms with Gasteiger partial charge in [-0.15, -0.1) is 0 Å². The topological polar surface area (TPSA) is 37.4 Å². The van der Waals surface area contributed by atoms with E-state index < -0.39 is 8.07 Å². The highest BCUT2D eigenvalue weighted by atomic mass is 28.3. The Kier molecular flexibility index (Phi) is 3.29. The first-order valence-corrected chi connectivity index (χ1v) is 8.70. The molecule has 3 nitrogen and oxygen atoms in total. The van der Waals surface area contributed by atoms with E-state index in [-0.39, 0.29) is 11.8 Å². The first-order chi connectivity index (χ1) is 6.79. The lowest BCUT2D eigenvalue weighted by atomic mass is 10.3. The molecule has 0 saturated carbocycles. The van der Waals surface area contributed by atoms with Gasteiger partial charge in [0.15, 0.2) is 0 Å². The Hall–Kier alpha value is -1.16. The van der Waals surface area contributed by atoms with Gasteiger partial charge in [-0.3, -0.25) is 14.5 Å². The zero-order valence-corrected chi connectivity index (χ0v) is 10.5. The van der Waals surface area contributed by atoms with Crippen LogP contribution < -0.4 is 0 Å². The van der Waals surface area contributed by atoms with E-state index in [1.807, 2.05) is 0 Å². The van der Waals surface area contributed by atoms with Gasteiger partial charge in [0, 0.05) is 26.8 Å². The summed E-state index contributed by atoms with van der Waals surface area (Å²) in [7, 11) is -1.21. The second kappa shape index (κ2) is 4.14. The molecule has 0 unspecified atom stereocenters. The summed E-state index contributed by atoms with van der Waals surface area (Å²) in [6.45, 7) is 11.0. The fraction of sp³-hybridized carbons (Fsp3) is 0.455. The molecule has 2 amide bonds. The van der Waals surface area contributed by atoms with E-state index in [4.69, 9.17) is 0 Å². The van der Waals surface area contributed by atoms with Crippen molar-refractivity contribution in [3.05, 3.63) is 24.3 Å². The van der Waals surface area contributed by atoms with Gasteiger partial charge in [0.05, 0.1) is 0 Å². The number of amides is 2. The molecule has 0 saturated heterocycles. The number of imide groups is 1. The SMILES string of the molecule is C=C(CN1C(=O)C=CC1=O)C[Si](C)(C)C. The third-order valence-electron chi connectivity index (χ3n) is 2.06. The summed E-state index contributed by atoms with van der Waals surface area (Å²) in [5.41, 5.74) is 0.972. The molecule has 0 aromatic carbocycles. The summed E-state index contributed by atoms with van der Waals surface area (Å²) in [5.74, 6) is -0.451. The van der Waals surface area contributed by atoms with Crippen molar-refractivity contribution in [1.82, 2.24) is 4.90 Å². The van der Waals surface area contributed by atoms with Crippen LogP contribution in [0, 0.1) is 0 Å². The highest BCUT2D eigenvalue weighted by molar-refractivity contribution is 6.76. The average molecular weight is 223 g/mol. The Morgan fingerprint density at radius 2 is 1.73 bits per heavy atom. The number of carbonyl (C=O) groups excluding carboxylic acids is 2. The lowest BCUT2D eigenvalue weighted by Crippen LogP contribution is -2.33. The van der Waals surface area contributed by atoms with Crippen molar-refractivity contribution in [2.45, 2.75) is 25.7 Å². The zero-order valence-electron chi connectivity index (χ0n) is 9.54. The maximum absolute atomic E-state index is 11.3. The van der Waals surface area contributed by atoms with Gasteiger partial charge in [-0.25, -0.2) is 0 Å². The van der Waals surface area contributed by atoms with Crippen LogP contribution >= 0.6 is 0 Å². The summed E-state index contributed by atoms with van der Waals surface area (Å²) in [5, 5.41) is 0. The number of hydrogen-bond acceptors (Lipinski definition) is 2. The third-order valence-corrected chi connectivity index (χ3v) is 3.62. The number of hydrogen-bond donors (Lipinski definition) is 0. The van der Waals surface area contributed by atoms with Crippen LogP contribution in [0.3, 0.4) is 0 Å². The van der Waals surface area contributed by atoms with Crippen molar-refractivity contribution in [1.29, 1.82) is 0 Å². The maximum Gasteiger partial charge on any atom is 0.253 e. The van der Waals surface area contributed by atoms with Crippen LogP contribution in [0.1, 0.15) is 0 Å². The van der Waals surface area contributed by atoms with Crippen LogP contribution in [-0.2, 0) is 9.59 Å². The fourth-order valence-corrected chi connectivity index (χ4v) is 3.23. The average Bonchev–Trinajstić information content (AvgIpc) is 2.32. The highest BCUT2D eigenvalue weighted by Crippen LogP contribution is 2.17. The van der Waals surface area contributed by atoms with Crippen molar-refractivity contribution < 1.29 is 9.59 Å². The van der Waals surface area contributed by atoms with E-state index in [0.717, 1.165) is 11.6 Å². The van der Waals surface area contributed by atoms with E-state index in [2.05, 4.69) is 26.2 Å². The third kappa shape index (κ3) is 3.47. The van der Waals surface area contributed by atoms with E-state index >= 15 is 0 Å². The summed E-state index contributed by atoms with van der Waals surface area (Å²) >= 11 is 0. The van der Waals surface area contributed by atoms with Crippen molar-refractivity contribution in [3.63, 3.8) is 0 Å². The normalized spacial score (nSPS) is 16.3. The molecule has 0 fully saturated rings. The van der Waals surface area contributed by atoms with Crippen molar-refractivity contribution in [2.24, 2.45) is 0 Å². The van der Waals surface area contributed by atoms with E-state index in [0.29, 0.717) is 6.54 Å². The molecule has 15 heavy (non-hydrogen) atoms. The monoisotopic (exact) mass is 223 g/mol. The molecule has 0 atom stereocenters. The van der Waals surface area contributed by atoms with Crippen molar-refractivity contribution in [3.8, 4) is 0 Å². The van der Waals surface area contributed by atoms with Gasteiger partial charge in [0.1, 0.15) is 0 Å². The summed E-state index contributed by atoms with van der Waals surface area (Å²) in [6, 6.07) is 0.948. The smallest absolute Gasteiger partial charge is 0.253 e. The maximum atomic E-state index is 11.3. The van der Waals surface area contributed by atoms with Crippen molar-refractivity contribution >= 4 is 19.9 Å². The van der Waals surface area contributed by atoms with Gasteiger partial charge in [-0.05, 0) is 6.04 Å². The zero-order chi connectivity index (χ0) is 11.6. The fourth-order valence-electron chi connectivity index (χ4n) is 1.62. The molecule has 0 bridgehead atoms. The minimum Gasteiger partial charge on any atom is -0.271 e. The van der Waals surface area contributed by atoms with E-state index in [1.54, 1.807) is 0 Å². The molecule has 0 aliphatic carbocycles. The largest absolute Gasteiger partial charge is 0.271 e. The molecule has 0 aromatic heterocycles. The molecule has 1 aliphatic heterocycles. The minimum absolute atomic E-state index is 0.225. The second-order valence-electron chi connectivity index (χ2n) is 5.08. The Bertz CT molecular complexity index is 321. The first kappa shape index (κ1) is 11.9. The van der Waals surface area contributed by atoms with Crippen LogP contribution in [0.4, 0.5) is 0 Å². The Balaban J connectivity index is 2.53. The summed E-state index contributed by atoms with van der Waals surface area (Å²) in [4.78, 5) is 23.8. The molecule has 1 rings (SSSR count). The standard InChI is InChI=1S/C11H17NO2Si/c1-9(8-15(2,3)4)7-12-10(13)5-6-11(12)14/h5-6H,1,7-8H2,2-4H3. The molecule has 0 radical (unpaired) electrons. The Morgan fingerprint density at radius 1 is 1.27 bits per heavy atom. The predicted molar refractivity (Wildman–Crippen MR) is 63.2 cm³/mol. The van der Waals surface area contributed by atoms with Gasteiger partial charge in [0.2, 0.25) is 0 Å². The second-order valence-corrected chi connectivity index (χ2v) is 10.6. The molecular weight excluding hydrogens is 206 g/mol. The highest BCUT2D eigenvalue weighted by Gasteiger charge is 2.25. The minimum atomic E-state index is -1.21. The molecule has 0 aromatic rings. The van der Waals surface area contributed by atoms with Gasteiger partial charge in [-0.1, -0.05) is 31.8 Å². The summed E-state index contributed by atoms with van der Waals surface area (Å²) in [6.07, 6.45) is 2.62. The molecule has 82 valence electrons. The lowest BCUT2D eigenvalue weighted by molar-refractivity contribution is -0.136. The van der Waals surface area contributed by atoms with Crippen LogP contribution in [0.2, 0.25) is 25.7 Å². The lowest BCUT2D eigenvalue weighted by Gasteiger charge is -2.21. The van der Waals surface area contributed by atoms with Gasteiger partial charge < -0.3 is 0 Å². The van der Waals surface area contributed by atoms with Crippen LogP contribution in [0.15, 0.2) is 24.3 Å². The number of rotatable bonds is 4. The quantitative estimate of drug-likeness (QED) is 0.414. The van der Waals surface area contributed by atoms with Crippen LogP contribution in [0.25, 0.3) is 0 Å². The predicted octanol–water partition coefficient (Wildman–Crippen LogP) is 1.81. The molecule has 1 aliphatic rings. The molecular formula is C11H17NO2Si. The van der Waals surface area contributed by atoms with Gasteiger partial charge >= 0.3 is 0 Å². The Morgan fingerprint density at radius 3 is 2.13 bits per heavy atom. The number of carbonyl (C=O) groups is 2. The number of nitrogens with zero attached hydrogens (tertiary/aromatic N) is 1. The molecule has 4 heteroatoms.